The van der Waals surface area contributed by atoms with Gasteiger partial charge in [0.25, 0.3) is 0 Å². The highest BCUT2D eigenvalue weighted by atomic mass is 19.1. The highest BCUT2D eigenvalue weighted by molar-refractivity contribution is 5.67. The zero-order chi connectivity index (χ0) is 19.1. The molecule has 2 aromatic carbocycles. The van der Waals surface area contributed by atoms with Crippen molar-refractivity contribution in [2.45, 2.75) is 6.42 Å². The number of aromatic nitrogens is 2. The molecule has 0 amide bonds. The van der Waals surface area contributed by atoms with E-state index < -0.39 is 0 Å². The molecule has 0 atom stereocenters. The van der Waals surface area contributed by atoms with Crippen LogP contribution in [0.25, 0.3) is 0 Å². The Labute approximate surface area is 157 Å². The van der Waals surface area contributed by atoms with Crippen molar-refractivity contribution in [3.8, 4) is 11.5 Å². The van der Waals surface area contributed by atoms with Gasteiger partial charge in [0.05, 0.1) is 19.9 Å². The number of ether oxygens (including phenoxy) is 2. The number of rotatable bonds is 8. The van der Waals surface area contributed by atoms with Gasteiger partial charge in [-0.2, -0.15) is 0 Å². The van der Waals surface area contributed by atoms with Crippen molar-refractivity contribution >= 4 is 17.3 Å². The average Bonchev–Trinajstić information content (AvgIpc) is 2.70. The van der Waals surface area contributed by atoms with Gasteiger partial charge >= 0.3 is 0 Å². The molecule has 1 aromatic heterocycles. The van der Waals surface area contributed by atoms with Crippen molar-refractivity contribution < 1.29 is 13.9 Å². The zero-order valence-corrected chi connectivity index (χ0v) is 15.2. The number of nitrogens with zero attached hydrogens (tertiary/aromatic N) is 2. The maximum absolute atomic E-state index is 12.9. The van der Waals surface area contributed by atoms with Crippen LogP contribution >= 0.6 is 0 Å². The van der Waals surface area contributed by atoms with Crippen LogP contribution < -0.4 is 20.1 Å². The summed E-state index contributed by atoms with van der Waals surface area (Å²) in [6.45, 7) is 0.671. The van der Waals surface area contributed by atoms with Crippen LogP contribution in [-0.4, -0.2) is 30.7 Å². The van der Waals surface area contributed by atoms with E-state index in [0.717, 1.165) is 17.7 Å². The molecule has 3 aromatic rings. The summed E-state index contributed by atoms with van der Waals surface area (Å²) < 4.78 is 23.6. The van der Waals surface area contributed by atoms with E-state index in [-0.39, 0.29) is 5.82 Å². The molecule has 0 aliphatic heterocycles. The van der Waals surface area contributed by atoms with Crippen LogP contribution in [0.1, 0.15) is 5.56 Å². The minimum Gasteiger partial charge on any atom is -0.497 e. The summed E-state index contributed by atoms with van der Waals surface area (Å²) >= 11 is 0. The molecule has 140 valence electrons. The van der Waals surface area contributed by atoms with E-state index in [1.165, 1.54) is 18.5 Å². The average molecular weight is 368 g/mol. The van der Waals surface area contributed by atoms with Gasteiger partial charge < -0.3 is 20.1 Å². The molecule has 7 heteroatoms. The lowest BCUT2D eigenvalue weighted by Crippen LogP contribution is -2.07. The minimum absolute atomic E-state index is 0.230. The Kier molecular flexibility index (Phi) is 6.04. The molecule has 0 aliphatic rings. The molecule has 3 rings (SSSR count). The van der Waals surface area contributed by atoms with Gasteiger partial charge in [0.2, 0.25) is 0 Å². The molecule has 6 nitrogen and oxygen atoms in total. The Morgan fingerprint density at radius 3 is 2.44 bits per heavy atom. The third-order valence-corrected chi connectivity index (χ3v) is 3.97. The summed E-state index contributed by atoms with van der Waals surface area (Å²) in [5.74, 6) is 2.48. The predicted octanol–water partition coefficient (Wildman–Crippen LogP) is 4.03. The van der Waals surface area contributed by atoms with Crippen LogP contribution in [0.2, 0.25) is 0 Å². The Balaban J connectivity index is 1.64. The van der Waals surface area contributed by atoms with Gasteiger partial charge in [-0.1, -0.05) is 12.1 Å². The third kappa shape index (κ3) is 5.07. The molecular formula is C20H21FN4O2. The number of hydrogen-bond acceptors (Lipinski definition) is 6. The molecular weight excluding hydrogens is 347 g/mol. The van der Waals surface area contributed by atoms with E-state index in [4.69, 9.17) is 9.47 Å². The molecule has 27 heavy (non-hydrogen) atoms. The van der Waals surface area contributed by atoms with Crippen molar-refractivity contribution in [2.24, 2.45) is 0 Å². The Hall–Kier alpha value is -3.35. The zero-order valence-electron chi connectivity index (χ0n) is 15.2. The van der Waals surface area contributed by atoms with Gasteiger partial charge in [0.1, 0.15) is 35.3 Å². The monoisotopic (exact) mass is 368 g/mol. The largest absolute Gasteiger partial charge is 0.497 e. The van der Waals surface area contributed by atoms with Gasteiger partial charge in [-0.3, -0.25) is 0 Å². The number of anilines is 3. The van der Waals surface area contributed by atoms with Gasteiger partial charge in [0.15, 0.2) is 0 Å². The first-order chi connectivity index (χ1) is 13.2. The fraction of sp³-hybridized carbons (Fsp3) is 0.200. The number of benzene rings is 2. The fourth-order valence-electron chi connectivity index (χ4n) is 2.56. The normalized spacial score (nSPS) is 10.3. The van der Waals surface area contributed by atoms with Crippen molar-refractivity contribution in [3.63, 3.8) is 0 Å². The van der Waals surface area contributed by atoms with Gasteiger partial charge in [0, 0.05) is 18.7 Å². The lowest BCUT2D eigenvalue weighted by atomic mass is 10.1. The standard InChI is InChI=1S/C20H21FN4O2/c1-26-16-7-8-18(27-2)17(11-16)25-20-12-19(23-13-24-20)22-10-9-14-3-5-15(21)6-4-14/h3-8,11-13H,9-10H2,1-2H3,(H2,22,23,24,25). The van der Waals surface area contributed by atoms with Crippen LogP contribution in [0.3, 0.4) is 0 Å². The highest BCUT2D eigenvalue weighted by Gasteiger charge is 2.07. The first-order valence-electron chi connectivity index (χ1n) is 8.47. The molecule has 0 saturated heterocycles. The Morgan fingerprint density at radius 1 is 0.926 bits per heavy atom. The Bertz CT molecular complexity index is 887. The molecule has 0 unspecified atom stereocenters. The van der Waals surface area contributed by atoms with Crippen molar-refractivity contribution in [1.29, 1.82) is 0 Å². The molecule has 0 saturated carbocycles. The summed E-state index contributed by atoms with van der Waals surface area (Å²) in [6, 6.07) is 13.8. The van der Waals surface area contributed by atoms with Gasteiger partial charge in [-0.05, 0) is 36.2 Å². The smallest absolute Gasteiger partial charge is 0.142 e. The molecule has 0 aliphatic carbocycles. The maximum Gasteiger partial charge on any atom is 0.142 e. The molecule has 0 radical (unpaired) electrons. The molecule has 2 N–H and O–H groups in total. The Morgan fingerprint density at radius 2 is 1.70 bits per heavy atom. The quantitative estimate of drug-likeness (QED) is 0.626. The summed E-state index contributed by atoms with van der Waals surface area (Å²) in [7, 11) is 3.22. The lowest BCUT2D eigenvalue weighted by molar-refractivity contribution is 0.405. The summed E-state index contributed by atoms with van der Waals surface area (Å²) in [6.07, 6.45) is 2.24. The number of methoxy groups -OCH3 is 2. The summed E-state index contributed by atoms with van der Waals surface area (Å²) in [4.78, 5) is 8.47. The second-order valence-corrected chi connectivity index (χ2v) is 5.78. The second-order valence-electron chi connectivity index (χ2n) is 5.78. The minimum atomic E-state index is -0.230. The van der Waals surface area contributed by atoms with E-state index in [0.29, 0.717) is 29.7 Å². The topological polar surface area (TPSA) is 68.3 Å². The van der Waals surface area contributed by atoms with Crippen LogP contribution in [0.15, 0.2) is 54.9 Å². The van der Waals surface area contributed by atoms with Crippen LogP contribution in [0, 0.1) is 5.82 Å². The van der Waals surface area contributed by atoms with E-state index >= 15 is 0 Å². The third-order valence-electron chi connectivity index (χ3n) is 3.97. The van der Waals surface area contributed by atoms with Crippen molar-refractivity contribution in [3.05, 3.63) is 66.2 Å². The van der Waals surface area contributed by atoms with Crippen molar-refractivity contribution in [2.75, 3.05) is 31.4 Å². The van der Waals surface area contributed by atoms with Crippen LogP contribution in [-0.2, 0) is 6.42 Å². The van der Waals surface area contributed by atoms with Crippen LogP contribution in [0.5, 0.6) is 11.5 Å². The molecule has 0 bridgehead atoms. The predicted molar refractivity (Wildman–Crippen MR) is 103 cm³/mol. The van der Waals surface area contributed by atoms with E-state index in [9.17, 15) is 4.39 Å². The van der Waals surface area contributed by atoms with Gasteiger partial charge in [-0.25, -0.2) is 14.4 Å². The molecule has 1 heterocycles. The maximum atomic E-state index is 12.9. The van der Waals surface area contributed by atoms with Crippen molar-refractivity contribution in [1.82, 2.24) is 9.97 Å². The number of hydrogen-bond donors (Lipinski definition) is 2. The number of nitrogens with one attached hydrogen (secondary N) is 2. The fourth-order valence-corrected chi connectivity index (χ4v) is 2.56. The SMILES string of the molecule is COc1ccc(OC)c(Nc2cc(NCCc3ccc(F)cc3)ncn2)c1. The van der Waals surface area contributed by atoms with E-state index in [1.807, 2.05) is 24.3 Å². The highest BCUT2D eigenvalue weighted by Crippen LogP contribution is 2.31. The van der Waals surface area contributed by atoms with Crippen LogP contribution in [0.4, 0.5) is 21.7 Å². The summed E-state index contributed by atoms with van der Waals surface area (Å²) in [5, 5.41) is 6.46. The lowest BCUT2D eigenvalue weighted by Gasteiger charge is -2.13. The first-order valence-corrected chi connectivity index (χ1v) is 8.47. The van der Waals surface area contributed by atoms with E-state index in [2.05, 4.69) is 20.6 Å². The second kappa shape index (κ2) is 8.84. The molecule has 0 spiro atoms. The first kappa shape index (κ1) is 18.4. The van der Waals surface area contributed by atoms with Gasteiger partial charge in [-0.15, -0.1) is 0 Å². The van der Waals surface area contributed by atoms with E-state index in [1.54, 1.807) is 26.4 Å². The molecule has 0 fully saturated rings. The summed E-state index contributed by atoms with van der Waals surface area (Å²) in [5.41, 5.74) is 1.80. The number of halogens is 1.